The predicted octanol–water partition coefficient (Wildman–Crippen LogP) is 4.32. The molecule has 1 rings (SSSR count). The van der Waals surface area contributed by atoms with E-state index in [4.69, 9.17) is 4.74 Å². The summed E-state index contributed by atoms with van der Waals surface area (Å²) in [5.74, 6) is 0.963. The number of anilines is 1. The Hall–Kier alpha value is -1.18. The van der Waals surface area contributed by atoms with E-state index in [1.54, 1.807) is 0 Å². The van der Waals surface area contributed by atoms with E-state index in [1.807, 2.05) is 18.2 Å². The van der Waals surface area contributed by atoms with Crippen LogP contribution in [0, 0.1) is 5.41 Å². The summed E-state index contributed by atoms with van der Waals surface area (Å²) in [5, 5.41) is 3.46. The monoisotopic (exact) mass is 235 g/mol. The highest BCUT2D eigenvalue weighted by Crippen LogP contribution is 2.25. The van der Waals surface area contributed by atoms with Crippen molar-refractivity contribution < 1.29 is 4.74 Å². The van der Waals surface area contributed by atoms with Crippen molar-refractivity contribution in [2.45, 2.75) is 40.5 Å². The Kier molecular flexibility index (Phi) is 5.33. The highest BCUT2D eigenvalue weighted by Gasteiger charge is 2.11. The topological polar surface area (TPSA) is 21.3 Å². The lowest BCUT2D eigenvalue weighted by Crippen LogP contribution is -2.19. The van der Waals surface area contributed by atoms with Gasteiger partial charge < -0.3 is 10.1 Å². The van der Waals surface area contributed by atoms with Gasteiger partial charge in [0.25, 0.3) is 0 Å². The quantitative estimate of drug-likeness (QED) is 0.741. The third kappa shape index (κ3) is 5.62. The first kappa shape index (κ1) is 13.9. The summed E-state index contributed by atoms with van der Waals surface area (Å²) in [5.41, 5.74) is 1.37. The Bertz CT molecular complexity index is 328. The Labute approximate surface area is 105 Å². The molecule has 0 amide bonds. The lowest BCUT2D eigenvalue weighted by molar-refractivity contribution is 0.310. The van der Waals surface area contributed by atoms with E-state index in [2.05, 4.69) is 39.1 Å². The van der Waals surface area contributed by atoms with Gasteiger partial charge in [0.1, 0.15) is 5.75 Å². The number of benzene rings is 1. The van der Waals surface area contributed by atoms with E-state index in [0.29, 0.717) is 0 Å². The fourth-order valence-corrected chi connectivity index (χ4v) is 1.43. The summed E-state index contributed by atoms with van der Waals surface area (Å²) in [4.78, 5) is 0. The maximum Gasteiger partial charge on any atom is 0.142 e. The smallest absolute Gasteiger partial charge is 0.142 e. The zero-order valence-corrected chi connectivity index (χ0v) is 11.5. The molecule has 1 N–H and O–H groups in total. The lowest BCUT2D eigenvalue weighted by atomic mass is 9.97. The molecule has 0 saturated carbocycles. The van der Waals surface area contributed by atoms with Gasteiger partial charge in [-0.15, -0.1) is 0 Å². The Morgan fingerprint density at radius 1 is 1.18 bits per heavy atom. The van der Waals surface area contributed by atoms with Crippen molar-refractivity contribution in [1.82, 2.24) is 0 Å². The highest BCUT2D eigenvalue weighted by molar-refractivity contribution is 5.56. The van der Waals surface area contributed by atoms with Crippen molar-refractivity contribution in [3.63, 3.8) is 0 Å². The molecule has 0 aromatic heterocycles. The number of hydrogen-bond acceptors (Lipinski definition) is 2. The van der Waals surface area contributed by atoms with Crippen LogP contribution in [0.15, 0.2) is 24.3 Å². The number of ether oxygens (including phenoxy) is 1. The van der Waals surface area contributed by atoms with Crippen LogP contribution in [0.1, 0.15) is 40.5 Å². The summed E-state index contributed by atoms with van der Waals surface area (Å²) in [6, 6.07) is 8.16. The largest absolute Gasteiger partial charge is 0.491 e. The van der Waals surface area contributed by atoms with E-state index >= 15 is 0 Å². The number of unbranched alkanes of at least 4 members (excludes halogenated alkanes) is 1. The molecule has 0 spiro atoms. The SMILES string of the molecule is CCCCOc1ccccc1NCC(C)(C)C. The molecule has 0 unspecified atom stereocenters. The average Bonchev–Trinajstić information content (AvgIpc) is 2.27. The maximum atomic E-state index is 5.78. The van der Waals surface area contributed by atoms with E-state index < -0.39 is 0 Å². The van der Waals surface area contributed by atoms with Crippen molar-refractivity contribution >= 4 is 5.69 Å². The molecule has 0 fully saturated rings. The first-order chi connectivity index (χ1) is 8.03. The van der Waals surface area contributed by atoms with Crippen molar-refractivity contribution in [2.75, 3.05) is 18.5 Å². The van der Waals surface area contributed by atoms with Crippen molar-refractivity contribution in [2.24, 2.45) is 5.41 Å². The summed E-state index contributed by atoms with van der Waals surface area (Å²) in [6.07, 6.45) is 2.27. The van der Waals surface area contributed by atoms with Crippen molar-refractivity contribution in [1.29, 1.82) is 0 Å². The zero-order chi connectivity index (χ0) is 12.7. The van der Waals surface area contributed by atoms with Crippen molar-refractivity contribution in [3.8, 4) is 5.75 Å². The minimum atomic E-state index is 0.274. The normalized spacial score (nSPS) is 11.3. The van der Waals surface area contributed by atoms with Gasteiger partial charge >= 0.3 is 0 Å². The Balaban J connectivity index is 2.58. The van der Waals surface area contributed by atoms with Crippen LogP contribution in [0.25, 0.3) is 0 Å². The van der Waals surface area contributed by atoms with Gasteiger partial charge in [0, 0.05) is 6.54 Å². The van der Waals surface area contributed by atoms with Crippen LogP contribution in [-0.2, 0) is 0 Å². The van der Waals surface area contributed by atoms with Gasteiger partial charge in [0.15, 0.2) is 0 Å². The molecule has 2 nitrogen and oxygen atoms in total. The molecule has 1 aromatic rings. The highest BCUT2D eigenvalue weighted by atomic mass is 16.5. The number of hydrogen-bond donors (Lipinski definition) is 1. The van der Waals surface area contributed by atoms with Crippen LogP contribution in [0.2, 0.25) is 0 Å². The zero-order valence-electron chi connectivity index (χ0n) is 11.5. The van der Waals surface area contributed by atoms with E-state index in [0.717, 1.165) is 37.4 Å². The van der Waals surface area contributed by atoms with Crippen LogP contribution in [0.4, 0.5) is 5.69 Å². The fraction of sp³-hybridized carbons (Fsp3) is 0.600. The maximum absolute atomic E-state index is 5.78. The summed E-state index contributed by atoms with van der Waals surface area (Å²) < 4.78 is 5.78. The molecule has 2 heteroatoms. The molecule has 0 aliphatic carbocycles. The molecule has 0 saturated heterocycles. The molecular weight excluding hydrogens is 210 g/mol. The Morgan fingerprint density at radius 2 is 1.88 bits per heavy atom. The summed E-state index contributed by atoms with van der Waals surface area (Å²) in [7, 11) is 0. The van der Waals surface area contributed by atoms with Crippen LogP contribution in [-0.4, -0.2) is 13.2 Å². The van der Waals surface area contributed by atoms with Gasteiger partial charge in [0.05, 0.1) is 12.3 Å². The van der Waals surface area contributed by atoms with Crippen molar-refractivity contribution in [3.05, 3.63) is 24.3 Å². The van der Waals surface area contributed by atoms with Gasteiger partial charge in [-0.2, -0.15) is 0 Å². The summed E-state index contributed by atoms with van der Waals surface area (Å²) >= 11 is 0. The number of rotatable bonds is 6. The molecule has 0 aliphatic rings. The van der Waals surface area contributed by atoms with Gasteiger partial charge in [-0.3, -0.25) is 0 Å². The van der Waals surface area contributed by atoms with E-state index in [9.17, 15) is 0 Å². The molecule has 17 heavy (non-hydrogen) atoms. The molecule has 0 aliphatic heterocycles. The number of para-hydroxylation sites is 2. The molecule has 1 aromatic carbocycles. The van der Waals surface area contributed by atoms with Gasteiger partial charge in [-0.05, 0) is 24.0 Å². The van der Waals surface area contributed by atoms with E-state index in [-0.39, 0.29) is 5.41 Å². The molecule has 0 heterocycles. The standard InChI is InChI=1S/C15H25NO/c1-5-6-11-17-14-10-8-7-9-13(14)16-12-15(2,3)4/h7-10,16H,5-6,11-12H2,1-4H3. The fourth-order valence-electron chi connectivity index (χ4n) is 1.43. The van der Waals surface area contributed by atoms with Crippen LogP contribution >= 0.6 is 0 Å². The first-order valence-corrected chi connectivity index (χ1v) is 6.48. The minimum Gasteiger partial charge on any atom is -0.491 e. The molecular formula is C15H25NO. The first-order valence-electron chi connectivity index (χ1n) is 6.48. The molecule has 0 radical (unpaired) electrons. The average molecular weight is 235 g/mol. The predicted molar refractivity (Wildman–Crippen MR) is 74.8 cm³/mol. The number of nitrogens with one attached hydrogen (secondary N) is 1. The summed E-state index contributed by atoms with van der Waals surface area (Å²) in [6.45, 7) is 10.6. The molecule has 0 bridgehead atoms. The van der Waals surface area contributed by atoms with E-state index in [1.165, 1.54) is 0 Å². The van der Waals surface area contributed by atoms with Gasteiger partial charge in [0.2, 0.25) is 0 Å². The second kappa shape index (κ2) is 6.53. The Morgan fingerprint density at radius 3 is 2.53 bits per heavy atom. The van der Waals surface area contributed by atoms with Crippen LogP contribution in [0.3, 0.4) is 0 Å². The second-order valence-corrected chi connectivity index (χ2v) is 5.61. The third-order valence-electron chi connectivity index (χ3n) is 2.45. The van der Waals surface area contributed by atoms with Crippen LogP contribution in [0.5, 0.6) is 5.75 Å². The van der Waals surface area contributed by atoms with Gasteiger partial charge in [-0.1, -0.05) is 46.2 Å². The molecule has 96 valence electrons. The lowest BCUT2D eigenvalue weighted by Gasteiger charge is -2.21. The van der Waals surface area contributed by atoms with Crippen LogP contribution < -0.4 is 10.1 Å². The second-order valence-electron chi connectivity index (χ2n) is 5.61. The van der Waals surface area contributed by atoms with Gasteiger partial charge in [-0.25, -0.2) is 0 Å². The molecule has 0 atom stereocenters. The third-order valence-corrected chi connectivity index (χ3v) is 2.45. The minimum absolute atomic E-state index is 0.274.